The summed E-state index contributed by atoms with van der Waals surface area (Å²) in [6, 6.07) is 6.57. The first kappa shape index (κ1) is 17.9. The van der Waals surface area contributed by atoms with Gasteiger partial charge in [-0.05, 0) is 24.6 Å². The minimum atomic E-state index is -1.49. The Bertz CT molecular complexity index is 674. The van der Waals surface area contributed by atoms with E-state index < -0.39 is 36.0 Å². The summed E-state index contributed by atoms with van der Waals surface area (Å²) in [4.78, 5) is 48.6. The molecule has 2 atom stereocenters. The van der Waals surface area contributed by atoms with E-state index in [2.05, 4.69) is 5.32 Å². The molecule has 1 fully saturated rings. The van der Waals surface area contributed by atoms with Crippen LogP contribution in [-0.4, -0.2) is 46.2 Å². The van der Waals surface area contributed by atoms with Crippen LogP contribution in [-0.2, 0) is 25.7 Å². The maximum Gasteiger partial charge on any atom is 0.322 e. The molecule has 0 aliphatic carbocycles. The predicted molar refractivity (Wildman–Crippen MR) is 85.2 cm³/mol. The second-order valence-electron chi connectivity index (χ2n) is 5.66. The van der Waals surface area contributed by atoms with E-state index in [1.807, 2.05) is 0 Å². The van der Waals surface area contributed by atoms with Gasteiger partial charge in [0.05, 0.1) is 0 Å². The van der Waals surface area contributed by atoms with Gasteiger partial charge in [-0.3, -0.25) is 19.2 Å². The first-order valence-electron chi connectivity index (χ1n) is 7.36. The molecule has 24 heavy (non-hydrogen) atoms. The Balaban J connectivity index is 2.15. The lowest BCUT2D eigenvalue weighted by atomic mass is 9.90. The number of carbonyl (C=O) groups is 4. The normalized spacial score (nSPS) is 20.8. The Hall–Kier alpha value is -2.41. The number of carbonyl (C=O) groups excluding carboxylic acids is 3. The highest BCUT2D eigenvalue weighted by atomic mass is 35.5. The van der Waals surface area contributed by atoms with E-state index in [0.717, 1.165) is 5.56 Å². The molecule has 0 saturated carbocycles. The van der Waals surface area contributed by atoms with E-state index in [9.17, 15) is 19.2 Å². The van der Waals surface area contributed by atoms with Crippen LogP contribution in [0.1, 0.15) is 18.9 Å². The van der Waals surface area contributed by atoms with Crippen LogP contribution in [0.15, 0.2) is 24.3 Å². The van der Waals surface area contributed by atoms with Crippen molar-refractivity contribution in [1.82, 2.24) is 10.2 Å². The third-order valence-electron chi connectivity index (χ3n) is 3.82. The molecule has 0 radical (unpaired) electrons. The van der Waals surface area contributed by atoms with Crippen molar-refractivity contribution in [3.8, 4) is 0 Å². The number of nitrogens with zero attached hydrogens (tertiary/aromatic N) is 1. The second kappa shape index (κ2) is 7.44. The van der Waals surface area contributed by atoms with Gasteiger partial charge >= 0.3 is 5.97 Å². The van der Waals surface area contributed by atoms with Gasteiger partial charge in [-0.15, -0.1) is 0 Å². The summed E-state index contributed by atoms with van der Waals surface area (Å²) in [5.74, 6) is -4.72. The number of carboxylic acid groups (broad SMARTS) is 1. The van der Waals surface area contributed by atoms with E-state index in [1.54, 1.807) is 31.2 Å². The molecule has 2 rings (SSSR count). The molecule has 1 aliphatic rings. The summed E-state index contributed by atoms with van der Waals surface area (Å²) < 4.78 is 0. The summed E-state index contributed by atoms with van der Waals surface area (Å²) in [6.07, 6.45) is 0.0461. The third-order valence-corrected chi connectivity index (χ3v) is 4.07. The molecular formula is C16H17ClN2O5. The molecule has 0 spiro atoms. The number of Topliss-reactive ketones (excluding diaryl/α,β-unsaturated/α-hetero) is 1. The van der Waals surface area contributed by atoms with E-state index in [0.29, 0.717) is 5.02 Å². The van der Waals surface area contributed by atoms with Crippen LogP contribution in [0.3, 0.4) is 0 Å². The van der Waals surface area contributed by atoms with Gasteiger partial charge in [-0.25, -0.2) is 0 Å². The molecule has 1 heterocycles. The number of ketones is 1. The number of hydrogen-bond donors (Lipinski definition) is 2. The SMILES string of the molecule is CC1CC(=O)C(C(=O)NCC(=O)O)C(=O)N1Cc1ccc(Cl)cc1. The van der Waals surface area contributed by atoms with Crippen LogP contribution in [0, 0.1) is 5.92 Å². The molecule has 2 unspecified atom stereocenters. The number of halogens is 1. The molecule has 1 aromatic rings. The third kappa shape index (κ3) is 4.11. The summed E-state index contributed by atoms with van der Waals surface area (Å²) in [6.45, 7) is 1.34. The van der Waals surface area contributed by atoms with Gasteiger partial charge < -0.3 is 15.3 Å². The zero-order valence-corrected chi connectivity index (χ0v) is 13.7. The lowest BCUT2D eigenvalue weighted by molar-refractivity contribution is -0.154. The maximum absolute atomic E-state index is 12.6. The van der Waals surface area contributed by atoms with Crippen LogP contribution in [0.5, 0.6) is 0 Å². The quantitative estimate of drug-likeness (QED) is 0.764. The van der Waals surface area contributed by atoms with Crippen molar-refractivity contribution >= 4 is 35.2 Å². The standard InChI is InChI=1S/C16H17ClN2O5/c1-9-6-12(20)14(15(23)18-7-13(21)22)16(24)19(9)8-10-2-4-11(17)5-3-10/h2-5,9,14H,6-8H2,1H3,(H,18,23)(H,21,22). The van der Waals surface area contributed by atoms with Crippen LogP contribution in [0.2, 0.25) is 5.02 Å². The van der Waals surface area contributed by atoms with Crippen molar-refractivity contribution in [1.29, 1.82) is 0 Å². The molecule has 0 bridgehead atoms. The molecular weight excluding hydrogens is 336 g/mol. The molecule has 2 amide bonds. The smallest absolute Gasteiger partial charge is 0.322 e. The largest absolute Gasteiger partial charge is 0.480 e. The minimum absolute atomic E-state index is 0.0461. The van der Waals surface area contributed by atoms with Crippen molar-refractivity contribution in [3.63, 3.8) is 0 Å². The number of hydrogen-bond acceptors (Lipinski definition) is 4. The number of carboxylic acids is 1. The lowest BCUT2D eigenvalue weighted by Crippen LogP contribution is -2.55. The molecule has 2 N–H and O–H groups in total. The summed E-state index contributed by atoms with van der Waals surface area (Å²) in [5, 5.41) is 11.3. The van der Waals surface area contributed by atoms with Gasteiger partial charge in [-0.2, -0.15) is 0 Å². The number of rotatable bonds is 5. The zero-order chi connectivity index (χ0) is 17.9. The van der Waals surface area contributed by atoms with Crippen molar-refractivity contribution in [2.45, 2.75) is 25.9 Å². The fourth-order valence-electron chi connectivity index (χ4n) is 2.58. The van der Waals surface area contributed by atoms with Gasteiger partial charge in [0.1, 0.15) is 6.54 Å². The topological polar surface area (TPSA) is 104 Å². The van der Waals surface area contributed by atoms with Gasteiger partial charge in [-0.1, -0.05) is 23.7 Å². The number of likely N-dealkylation sites (tertiary alicyclic amines) is 1. The van der Waals surface area contributed by atoms with Crippen molar-refractivity contribution < 1.29 is 24.3 Å². The Labute approximate surface area is 143 Å². The van der Waals surface area contributed by atoms with Crippen molar-refractivity contribution in [2.75, 3.05) is 6.54 Å². The highest BCUT2D eigenvalue weighted by molar-refractivity contribution is 6.30. The molecule has 7 nitrogen and oxygen atoms in total. The molecule has 1 aromatic carbocycles. The number of benzene rings is 1. The fraction of sp³-hybridized carbons (Fsp3) is 0.375. The highest BCUT2D eigenvalue weighted by Crippen LogP contribution is 2.23. The first-order chi connectivity index (χ1) is 11.3. The molecule has 8 heteroatoms. The Morgan fingerprint density at radius 2 is 1.92 bits per heavy atom. The predicted octanol–water partition coefficient (Wildman–Crippen LogP) is 0.847. The summed E-state index contributed by atoms with van der Waals surface area (Å²) >= 11 is 5.83. The molecule has 1 saturated heterocycles. The number of piperidine rings is 1. The first-order valence-corrected chi connectivity index (χ1v) is 7.74. The highest BCUT2D eigenvalue weighted by Gasteiger charge is 2.43. The maximum atomic E-state index is 12.6. The van der Waals surface area contributed by atoms with E-state index >= 15 is 0 Å². The number of aliphatic carboxylic acids is 1. The van der Waals surface area contributed by atoms with E-state index in [-0.39, 0.29) is 19.0 Å². The lowest BCUT2D eigenvalue weighted by Gasteiger charge is -2.36. The Kier molecular flexibility index (Phi) is 5.56. The zero-order valence-electron chi connectivity index (χ0n) is 13.0. The average Bonchev–Trinajstić information content (AvgIpc) is 2.51. The molecule has 0 aromatic heterocycles. The molecule has 1 aliphatic heterocycles. The van der Waals surface area contributed by atoms with Crippen LogP contribution >= 0.6 is 11.6 Å². The van der Waals surface area contributed by atoms with Crippen LogP contribution in [0.25, 0.3) is 0 Å². The second-order valence-corrected chi connectivity index (χ2v) is 6.09. The van der Waals surface area contributed by atoms with Gasteiger partial charge in [0, 0.05) is 24.0 Å². The van der Waals surface area contributed by atoms with Gasteiger partial charge in [0.2, 0.25) is 11.8 Å². The van der Waals surface area contributed by atoms with Crippen LogP contribution < -0.4 is 5.32 Å². The Morgan fingerprint density at radius 1 is 1.29 bits per heavy atom. The number of amides is 2. The molecule has 128 valence electrons. The van der Waals surface area contributed by atoms with E-state index in [1.165, 1.54) is 4.90 Å². The Morgan fingerprint density at radius 3 is 2.50 bits per heavy atom. The average molecular weight is 353 g/mol. The monoisotopic (exact) mass is 352 g/mol. The van der Waals surface area contributed by atoms with Crippen LogP contribution in [0.4, 0.5) is 0 Å². The minimum Gasteiger partial charge on any atom is -0.480 e. The van der Waals surface area contributed by atoms with E-state index in [4.69, 9.17) is 16.7 Å². The van der Waals surface area contributed by atoms with Crippen molar-refractivity contribution in [3.05, 3.63) is 34.9 Å². The fourth-order valence-corrected chi connectivity index (χ4v) is 2.71. The number of nitrogens with one attached hydrogen (secondary N) is 1. The summed E-state index contributed by atoms with van der Waals surface area (Å²) in [7, 11) is 0. The van der Waals surface area contributed by atoms with Gasteiger partial charge in [0.25, 0.3) is 0 Å². The van der Waals surface area contributed by atoms with Crippen molar-refractivity contribution in [2.24, 2.45) is 5.92 Å². The van der Waals surface area contributed by atoms with Gasteiger partial charge in [0.15, 0.2) is 11.7 Å². The summed E-state index contributed by atoms with van der Waals surface area (Å²) in [5.41, 5.74) is 0.818.